The molecule has 1 atom stereocenters. The first-order valence-corrected chi connectivity index (χ1v) is 11.2. The lowest BCUT2D eigenvalue weighted by Gasteiger charge is -2.13. The average Bonchev–Trinajstić information content (AvgIpc) is 3.29. The summed E-state index contributed by atoms with van der Waals surface area (Å²) in [5.74, 6) is 0.804. The molecule has 2 heterocycles. The van der Waals surface area contributed by atoms with E-state index in [9.17, 15) is 9.90 Å². The molecule has 7 nitrogen and oxygen atoms in total. The van der Waals surface area contributed by atoms with Gasteiger partial charge in [-0.25, -0.2) is 4.98 Å². The molecule has 176 valence electrons. The Morgan fingerprint density at radius 2 is 1.69 bits per heavy atom. The fraction of sp³-hybridized carbons (Fsp3) is 0.143. The van der Waals surface area contributed by atoms with Crippen LogP contribution in [0.1, 0.15) is 22.2 Å². The summed E-state index contributed by atoms with van der Waals surface area (Å²) in [6.45, 7) is 0.0716. The number of carbonyl (C=O) groups excluding carboxylic acids is 1. The number of carbonyl (C=O) groups is 1. The number of nitrogens with zero attached hydrogens (tertiary/aromatic N) is 1. The highest BCUT2D eigenvalue weighted by molar-refractivity contribution is 6.13. The first-order chi connectivity index (χ1) is 17.1. The second-order valence-corrected chi connectivity index (χ2v) is 8.16. The third-order valence-corrected chi connectivity index (χ3v) is 6.03. The Labute approximate surface area is 202 Å². The summed E-state index contributed by atoms with van der Waals surface area (Å²) in [6.07, 6.45) is -0.817. The zero-order valence-corrected chi connectivity index (χ0v) is 19.4. The molecule has 0 radical (unpaired) electrons. The van der Waals surface area contributed by atoms with Crippen LogP contribution in [0.5, 0.6) is 11.5 Å². The number of H-pyrrole nitrogens is 1. The highest BCUT2D eigenvalue weighted by Gasteiger charge is 2.19. The summed E-state index contributed by atoms with van der Waals surface area (Å²) in [6, 6.07) is 24.5. The normalized spacial score (nSPS) is 12.0. The second kappa shape index (κ2) is 9.48. The van der Waals surface area contributed by atoms with Crippen molar-refractivity contribution in [2.24, 2.45) is 0 Å². The Balaban J connectivity index is 1.57. The van der Waals surface area contributed by atoms with E-state index in [2.05, 4.69) is 10.3 Å². The monoisotopic (exact) mass is 467 g/mol. The van der Waals surface area contributed by atoms with Crippen molar-refractivity contribution in [1.29, 1.82) is 0 Å². The van der Waals surface area contributed by atoms with Crippen LogP contribution in [-0.2, 0) is 0 Å². The maximum atomic E-state index is 13.1. The van der Waals surface area contributed by atoms with E-state index in [4.69, 9.17) is 14.5 Å². The largest absolute Gasteiger partial charge is 0.493 e. The highest BCUT2D eigenvalue weighted by Crippen LogP contribution is 2.36. The molecule has 0 aliphatic rings. The van der Waals surface area contributed by atoms with Gasteiger partial charge in [0.1, 0.15) is 5.69 Å². The minimum Gasteiger partial charge on any atom is -0.493 e. The smallest absolute Gasteiger partial charge is 0.270 e. The number of nitrogens with one attached hydrogen (secondary N) is 2. The van der Waals surface area contributed by atoms with Gasteiger partial charge in [-0.2, -0.15) is 0 Å². The number of ether oxygens (including phenoxy) is 2. The van der Waals surface area contributed by atoms with Crippen LogP contribution in [0.2, 0.25) is 0 Å². The first-order valence-electron chi connectivity index (χ1n) is 11.2. The first kappa shape index (κ1) is 22.4. The molecule has 0 fully saturated rings. The Morgan fingerprint density at radius 1 is 0.943 bits per heavy atom. The number of hydrogen-bond donors (Lipinski definition) is 3. The van der Waals surface area contributed by atoms with Gasteiger partial charge in [-0.1, -0.05) is 48.5 Å². The SMILES string of the molecule is COc1ccc(-c2nc(C(=O)NCC(O)c3ccccc3)cc3c2[nH]c2ccccc23)cc1OC. The van der Waals surface area contributed by atoms with Gasteiger partial charge in [0.15, 0.2) is 11.5 Å². The number of aliphatic hydroxyl groups is 1. The van der Waals surface area contributed by atoms with Crippen molar-refractivity contribution in [3.05, 3.63) is 90.1 Å². The average molecular weight is 468 g/mol. The van der Waals surface area contributed by atoms with E-state index in [1.165, 1.54) is 0 Å². The molecule has 0 saturated carbocycles. The molecule has 7 heteroatoms. The molecular formula is C28H25N3O4. The van der Waals surface area contributed by atoms with E-state index in [1.54, 1.807) is 20.3 Å². The number of para-hydroxylation sites is 1. The number of hydrogen-bond acceptors (Lipinski definition) is 5. The summed E-state index contributed by atoms with van der Waals surface area (Å²) in [5.41, 5.74) is 4.15. The van der Waals surface area contributed by atoms with Crippen LogP contribution in [0.25, 0.3) is 33.1 Å². The molecule has 0 aliphatic heterocycles. The molecule has 1 unspecified atom stereocenters. The van der Waals surface area contributed by atoms with Gasteiger partial charge in [0.05, 0.1) is 31.5 Å². The molecule has 2 aromatic heterocycles. The molecule has 3 N–H and O–H groups in total. The molecule has 5 aromatic rings. The van der Waals surface area contributed by atoms with Crippen molar-refractivity contribution < 1.29 is 19.4 Å². The van der Waals surface area contributed by atoms with E-state index in [-0.39, 0.29) is 18.1 Å². The lowest BCUT2D eigenvalue weighted by molar-refractivity contribution is 0.0911. The van der Waals surface area contributed by atoms with E-state index in [0.717, 1.165) is 32.9 Å². The Bertz CT molecular complexity index is 1510. The molecule has 0 bridgehead atoms. The molecule has 3 aromatic carbocycles. The molecular weight excluding hydrogens is 442 g/mol. The number of rotatable bonds is 7. The zero-order valence-electron chi connectivity index (χ0n) is 19.4. The van der Waals surface area contributed by atoms with Gasteiger partial charge in [-0.3, -0.25) is 4.79 Å². The molecule has 1 amide bonds. The van der Waals surface area contributed by atoms with Gasteiger partial charge in [-0.05, 0) is 35.9 Å². The van der Waals surface area contributed by atoms with Crippen LogP contribution in [0.4, 0.5) is 0 Å². The predicted octanol–water partition coefficient (Wildman–Crippen LogP) is 4.86. The Kier molecular flexibility index (Phi) is 6.08. The molecule has 5 rings (SSSR count). The highest BCUT2D eigenvalue weighted by atomic mass is 16.5. The van der Waals surface area contributed by atoms with Crippen molar-refractivity contribution in [3.63, 3.8) is 0 Å². The van der Waals surface area contributed by atoms with Crippen LogP contribution in [-0.4, -0.2) is 41.7 Å². The topological polar surface area (TPSA) is 96.5 Å². The quantitative estimate of drug-likeness (QED) is 0.318. The van der Waals surface area contributed by atoms with E-state index in [0.29, 0.717) is 17.2 Å². The van der Waals surface area contributed by atoms with Crippen LogP contribution in [0, 0.1) is 0 Å². The van der Waals surface area contributed by atoms with Crippen LogP contribution < -0.4 is 14.8 Å². The lowest BCUT2D eigenvalue weighted by Crippen LogP contribution is -2.29. The van der Waals surface area contributed by atoms with Crippen molar-refractivity contribution in [2.75, 3.05) is 20.8 Å². The minimum atomic E-state index is -0.817. The number of methoxy groups -OCH3 is 2. The van der Waals surface area contributed by atoms with Crippen LogP contribution in [0.3, 0.4) is 0 Å². The second-order valence-electron chi connectivity index (χ2n) is 8.16. The van der Waals surface area contributed by atoms with Gasteiger partial charge in [0, 0.05) is 28.4 Å². The molecule has 35 heavy (non-hydrogen) atoms. The third-order valence-electron chi connectivity index (χ3n) is 6.03. The fourth-order valence-electron chi connectivity index (χ4n) is 4.23. The van der Waals surface area contributed by atoms with Crippen molar-refractivity contribution in [2.45, 2.75) is 6.10 Å². The zero-order chi connectivity index (χ0) is 24.4. The number of aromatic nitrogens is 2. The molecule has 0 spiro atoms. The standard InChI is InChI=1S/C28H25N3O4/c1-34-24-13-12-18(14-25(24)35-2)26-27-20(19-10-6-7-11-21(19)30-27)15-22(31-26)28(33)29-16-23(32)17-8-4-3-5-9-17/h3-15,23,30,32H,16H2,1-2H3,(H,29,33). The Hall–Kier alpha value is -4.36. The number of amides is 1. The van der Waals surface area contributed by atoms with Crippen LogP contribution >= 0.6 is 0 Å². The number of fused-ring (bicyclic) bond motifs is 3. The summed E-state index contributed by atoms with van der Waals surface area (Å²) in [5, 5.41) is 15.2. The third kappa shape index (κ3) is 4.29. The lowest BCUT2D eigenvalue weighted by atomic mass is 10.1. The van der Waals surface area contributed by atoms with Gasteiger partial charge in [0.25, 0.3) is 5.91 Å². The van der Waals surface area contributed by atoms with Crippen molar-refractivity contribution in [1.82, 2.24) is 15.3 Å². The van der Waals surface area contributed by atoms with Gasteiger partial charge < -0.3 is 24.9 Å². The van der Waals surface area contributed by atoms with Crippen molar-refractivity contribution >= 4 is 27.7 Å². The van der Waals surface area contributed by atoms with Gasteiger partial charge >= 0.3 is 0 Å². The van der Waals surface area contributed by atoms with Crippen LogP contribution in [0.15, 0.2) is 78.9 Å². The predicted molar refractivity (Wildman–Crippen MR) is 136 cm³/mol. The summed E-state index contributed by atoms with van der Waals surface area (Å²) < 4.78 is 10.9. The number of benzene rings is 3. The van der Waals surface area contributed by atoms with Gasteiger partial charge in [-0.15, -0.1) is 0 Å². The number of aromatic amines is 1. The summed E-state index contributed by atoms with van der Waals surface area (Å²) >= 11 is 0. The Morgan fingerprint density at radius 3 is 2.46 bits per heavy atom. The number of aliphatic hydroxyl groups excluding tert-OH is 1. The molecule has 0 saturated heterocycles. The van der Waals surface area contributed by atoms with E-state index < -0.39 is 6.10 Å². The number of pyridine rings is 1. The fourth-order valence-corrected chi connectivity index (χ4v) is 4.23. The maximum Gasteiger partial charge on any atom is 0.270 e. The maximum absolute atomic E-state index is 13.1. The van der Waals surface area contributed by atoms with Crippen molar-refractivity contribution in [3.8, 4) is 22.8 Å². The van der Waals surface area contributed by atoms with E-state index in [1.807, 2.05) is 72.8 Å². The summed E-state index contributed by atoms with van der Waals surface area (Å²) in [4.78, 5) is 21.3. The molecule has 0 aliphatic carbocycles. The van der Waals surface area contributed by atoms with Gasteiger partial charge in [0.2, 0.25) is 0 Å². The van der Waals surface area contributed by atoms with E-state index >= 15 is 0 Å². The minimum absolute atomic E-state index is 0.0716. The summed E-state index contributed by atoms with van der Waals surface area (Å²) in [7, 11) is 3.16.